The lowest BCUT2D eigenvalue weighted by molar-refractivity contribution is 0.576. The second-order valence-electron chi connectivity index (χ2n) is 7.53. The summed E-state index contributed by atoms with van der Waals surface area (Å²) in [7, 11) is 0. The molecule has 0 heteroatoms. The minimum atomic E-state index is 0.613. The first-order valence-corrected chi connectivity index (χ1v) is 10.5. The molecule has 0 N–H and O–H groups in total. The summed E-state index contributed by atoms with van der Waals surface area (Å²) >= 11 is 0. The third kappa shape index (κ3) is 5.82. The lowest BCUT2D eigenvalue weighted by atomic mass is 9.87. The number of aryl methyl sites for hydroxylation is 4. The maximum atomic E-state index is 2.36. The van der Waals surface area contributed by atoms with Gasteiger partial charge in [-0.25, -0.2) is 0 Å². The van der Waals surface area contributed by atoms with Crippen LogP contribution in [-0.2, 0) is 25.7 Å². The summed E-state index contributed by atoms with van der Waals surface area (Å²) < 4.78 is 0. The summed E-state index contributed by atoms with van der Waals surface area (Å²) in [5.74, 6) is 0.613. The number of rotatable bonds is 9. The van der Waals surface area contributed by atoms with Gasteiger partial charge in [0, 0.05) is 0 Å². The van der Waals surface area contributed by atoms with Crippen LogP contribution in [0, 0.1) is 0 Å². The summed E-state index contributed by atoms with van der Waals surface area (Å²) in [6.07, 6.45) is 6.95. The van der Waals surface area contributed by atoms with E-state index < -0.39 is 0 Å². The predicted molar refractivity (Wildman–Crippen MR) is 117 cm³/mol. The minimum Gasteiger partial charge on any atom is -0.0622 e. The molecule has 0 spiro atoms. The SMILES string of the molecule is CCc1ccc(CCC(CCc2ccccc2)c2ccc(CC)cc2)cc1. The Morgan fingerprint density at radius 1 is 0.519 bits per heavy atom. The van der Waals surface area contributed by atoms with Gasteiger partial charge in [0.2, 0.25) is 0 Å². The number of hydrogen-bond donors (Lipinski definition) is 0. The van der Waals surface area contributed by atoms with Gasteiger partial charge in [0.25, 0.3) is 0 Å². The van der Waals surface area contributed by atoms with Crippen LogP contribution in [-0.4, -0.2) is 0 Å². The van der Waals surface area contributed by atoms with Crippen LogP contribution in [0.5, 0.6) is 0 Å². The molecule has 3 aromatic carbocycles. The van der Waals surface area contributed by atoms with E-state index >= 15 is 0 Å². The highest BCUT2D eigenvalue weighted by Crippen LogP contribution is 2.27. The van der Waals surface area contributed by atoms with Gasteiger partial charge in [0.15, 0.2) is 0 Å². The highest BCUT2D eigenvalue weighted by molar-refractivity contribution is 5.27. The second-order valence-corrected chi connectivity index (χ2v) is 7.53. The van der Waals surface area contributed by atoms with Crippen molar-refractivity contribution in [2.24, 2.45) is 0 Å². The fourth-order valence-electron chi connectivity index (χ4n) is 3.77. The monoisotopic (exact) mass is 356 g/mol. The van der Waals surface area contributed by atoms with Crippen LogP contribution in [0.4, 0.5) is 0 Å². The van der Waals surface area contributed by atoms with E-state index in [9.17, 15) is 0 Å². The Kier molecular flexibility index (Phi) is 7.27. The Morgan fingerprint density at radius 3 is 1.48 bits per heavy atom. The molecule has 0 saturated heterocycles. The molecule has 0 aromatic heterocycles. The molecule has 3 rings (SSSR count). The average molecular weight is 357 g/mol. The van der Waals surface area contributed by atoms with E-state index in [4.69, 9.17) is 0 Å². The second kappa shape index (κ2) is 10.1. The van der Waals surface area contributed by atoms with Gasteiger partial charge in [-0.15, -0.1) is 0 Å². The normalized spacial score (nSPS) is 12.1. The fourth-order valence-corrected chi connectivity index (χ4v) is 3.77. The lowest BCUT2D eigenvalue weighted by Crippen LogP contribution is -2.04. The zero-order chi connectivity index (χ0) is 18.9. The van der Waals surface area contributed by atoms with E-state index in [0.29, 0.717) is 5.92 Å². The molecule has 0 radical (unpaired) electrons. The molecule has 1 unspecified atom stereocenters. The molecule has 3 aromatic rings. The summed E-state index contributed by atoms with van der Waals surface area (Å²) in [5.41, 5.74) is 7.25. The predicted octanol–water partition coefficient (Wildman–Crippen LogP) is 7.16. The summed E-state index contributed by atoms with van der Waals surface area (Å²) in [4.78, 5) is 0. The van der Waals surface area contributed by atoms with Gasteiger partial charge in [-0.05, 0) is 72.3 Å². The van der Waals surface area contributed by atoms with Crippen LogP contribution in [0.3, 0.4) is 0 Å². The topological polar surface area (TPSA) is 0 Å². The van der Waals surface area contributed by atoms with Crippen molar-refractivity contribution in [1.29, 1.82) is 0 Å². The van der Waals surface area contributed by atoms with Crippen molar-refractivity contribution in [3.05, 3.63) is 107 Å². The molecule has 0 aliphatic heterocycles. The molecule has 1 atom stereocenters. The Hall–Kier alpha value is -2.34. The first-order chi connectivity index (χ1) is 13.3. The average Bonchev–Trinajstić information content (AvgIpc) is 2.75. The third-order valence-electron chi connectivity index (χ3n) is 5.70. The molecule has 27 heavy (non-hydrogen) atoms. The molecule has 0 heterocycles. The smallest absolute Gasteiger partial charge is 0.0156 e. The quantitative estimate of drug-likeness (QED) is 0.381. The van der Waals surface area contributed by atoms with Crippen LogP contribution in [0.25, 0.3) is 0 Å². The van der Waals surface area contributed by atoms with Crippen LogP contribution in [0.2, 0.25) is 0 Å². The van der Waals surface area contributed by atoms with Crippen LogP contribution in [0.1, 0.15) is 60.4 Å². The summed E-state index contributed by atoms with van der Waals surface area (Å²) in [5, 5.41) is 0. The molecule has 0 amide bonds. The molecule has 0 aliphatic rings. The van der Waals surface area contributed by atoms with Gasteiger partial charge in [-0.3, -0.25) is 0 Å². The summed E-state index contributed by atoms with van der Waals surface area (Å²) in [6.45, 7) is 4.44. The Bertz CT molecular complexity index is 782. The molecular weight excluding hydrogens is 324 g/mol. The molecule has 0 saturated carbocycles. The van der Waals surface area contributed by atoms with Gasteiger partial charge in [0.1, 0.15) is 0 Å². The van der Waals surface area contributed by atoms with E-state index in [1.807, 2.05) is 0 Å². The van der Waals surface area contributed by atoms with Gasteiger partial charge in [-0.1, -0.05) is 92.7 Å². The summed E-state index contributed by atoms with van der Waals surface area (Å²) in [6, 6.07) is 29.4. The molecule has 0 fully saturated rings. The molecule has 0 aliphatic carbocycles. The highest BCUT2D eigenvalue weighted by atomic mass is 14.2. The highest BCUT2D eigenvalue weighted by Gasteiger charge is 2.12. The van der Waals surface area contributed by atoms with Crippen molar-refractivity contribution in [2.45, 2.75) is 58.3 Å². The van der Waals surface area contributed by atoms with Crippen LogP contribution < -0.4 is 0 Å². The van der Waals surface area contributed by atoms with Gasteiger partial charge in [-0.2, -0.15) is 0 Å². The maximum absolute atomic E-state index is 2.36. The van der Waals surface area contributed by atoms with E-state index in [-0.39, 0.29) is 0 Å². The standard InChI is InChI=1S/C27H32/c1-3-22-10-12-25(13-11-22)17-21-27(20-16-24-8-6-5-7-9-24)26-18-14-23(4-2)15-19-26/h5-15,18-19,27H,3-4,16-17,20-21H2,1-2H3. The third-order valence-corrected chi connectivity index (χ3v) is 5.70. The van der Waals surface area contributed by atoms with E-state index in [2.05, 4.69) is 92.7 Å². The molecule has 0 bridgehead atoms. The first kappa shape index (κ1) is 19.4. The Labute approximate surface area is 165 Å². The van der Waals surface area contributed by atoms with E-state index in [1.54, 1.807) is 0 Å². The first-order valence-electron chi connectivity index (χ1n) is 10.5. The Balaban J connectivity index is 1.69. The molecule has 140 valence electrons. The van der Waals surface area contributed by atoms with Crippen molar-refractivity contribution >= 4 is 0 Å². The van der Waals surface area contributed by atoms with Crippen molar-refractivity contribution in [2.75, 3.05) is 0 Å². The van der Waals surface area contributed by atoms with Gasteiger partial charge in [0.05, 0.1) is 0 Å². The minimum absolute atomic E-state index is 0.613. The largest absolute Gasteiger partial charge is 0.0622 e. The van der Waals surface area contributed by atoms with Gasteiger partial charge < -0.3 is 0 Å². The number of benzene rings is 3. The van der Waals surface area contributed by atoms with Crippen LogP contribution in [0.15, 0.2) is 78.9 Å². The van der Waals surface area contributed by atoms with E-state index in [0.717, 1.165) is 25.7 Å². The van der Waals surface area contributed by atoms with Crippen molar-refractivity contribution < 1.29 is 0 Å². The van der Waals surface area contributed by atoms with E-state index in [1.165, 1.54) is 40.7 Å². The zero-order valence-electron chi connectivity index (χ0n) is 16.8. The number of hydrogen-bond acceptors (Lipinski definition) is 0. The Morgan fingerprint density at radius 2 is 0.963 bits per heavy atom. The van der Waals surface area contributed by atoms with Crippen molar-refractivity contribution in [3.8, 4) is 0 Å². The van der Waals surface area contributed by atoms with Gasteiger partial charge >= 0.3 is 0 Å². The van der Waals surface area contributed by atoms with Crippen molar-refractivity contribution in [1.82, 2.24) is 0 Å². The maximum Gasteiger partial charge on any atom is -0.0156 e. The fraction of sp³-hybridized carbons (Fsp3) is 0.333. The molecule has 0 nitrogen and oxygen atoms in total. The zero-order valence-corrected chi connectivity index (χ0v) is 16.8. The lowest BCUT2D eigenvalue weighted by Gasteiger charge is -2.18. The van der Waals surface area contributed by atoms with Crippen molar-refractivity contribution in [3.63, 3.8) is 0 Å². The molecular formula is C27H32. The van der Waals surface area contributed by atoms with Crippen LogP contribution >= 0.6 is 0 Å².